The van der Waals surface area contributed by atoms with Crippen molar-refractivity contribution in [1.82, 2.24) is 4.90 Å². The van der Waals surface area contributed by atoms with Crippen LogP contribution in [-0.4, -0.2) is 35.9 Å². The molecule has 0 unspecified atom stereocenters. The lowest BCUT2D eigenvalue weighted by atomic mass is 9.82. The number of likely N-dealkylation sites (tertiary alicyclic amines) is 1. The molecule has 0 spiro atoms. The van der Waals surface area contributed by atoms with Gasteiger partial charge in [0.2, 0.25) is 11.8 Å². The minimum Gasteiger partial charge on any atom is -0.490 e. The van der Waals surface area contributed by atoms with Crippen LogP contribution in [0.4, 0.5) is 5.69 Å². The molecule has 164 valence electrons. The molecule has 5 rings (SSSR count). The SMILES string of the molecule is CC(C)Oc1ccc(NC(=O)C2(C3(C(=O)N4CCCCC4)CC3)CC2)c2ccccc12. The van der Waals surface area contributed by atoms with Crippen LogP contribution in [0.3, 0.4) is 0 Å². The second kappa shape index (κ2) is 7.54. The highest BCUT2D eigenvalue weighted by Gasteiger charge is 2.73. The van der Waals surface area contributed by atoms with Crippen molar-refractivity contribution in [2.75, 3.05) is 18.4 Å². The van der Waals surface area contributed by atoms with Gasteiger partial charge in [-0.3, -0.25) is 9.59 Å². The number of nitrogens with one attached hydrogen (secondary N) is 1. The number of rotatable bonds is 6. The van der Waals surface area contributed by atoms with E-state index in [1.807, 2.05) is 55.1 Å². The van der Waals surface area contributed by atoms with Crippen LogP contribution in [0.2, 0.25) is 0 Å². The summed E-state index contributed by atoms with van der Waals surface area (Å²) in [4.78, 5) is 29.0. The number of hydrogen-bond acceptors (Lipinski definition) is 3. The molecule has 2 amide bonds. The number of hydrogen-bond donors (Lipinski definition) is 1. The van der Waals surface area contributed by atoms with Crippen LogP contribution < -0.4 is 10.1 Å². The molecule has 0 bridgehead atoms. The summed E-state index contributed by atoms with van der Waals surface area (Å²) >= 11 is 0. The zero-order valence-corrected chi connectivity index (χ0v) is 18.6. The topological polar surface area (TPSA) is 58.6 Å². The number of benzene rings is 2. The third-order valence-electron chi connectivity index (χ3n) is 7.40. The number of piperidine rings is 1. The molecule has 0 radical (unpaired) electrons. The monoisotopic (exact) mass is 420 g/mol. The van der Waals surface area contributed by atoms with E-state index in [-0.39, 0.29) is 17.9 Å². The van der Waals surface area contributed by atoms with Crippen LogP contribution >= 0.6 is 0 Å². The first-order chi connectivity index (χ1) is 15.0. The van der Waals surface area contributed by atoms with E-state index in [1.54, 1.807) is 0 Å². The Morgan fingerprint density at radius 3 is 2.16 bits per heavy atom. The standard InChI is InChI=1S/C26H32N2O3/c1-18(2)31-22-11-10-21(19-8-4-5-9-20(19)22)27-23(29)25(12-13-25)26(14-15-26)24(30)28-16-6-3-7-17-28/h4-5,8-11,18H,3,6-7,12-17H2,1-2H3,(H,27,29). The number of carbonyl (C=O) groups is 2. The molecule has 0 atom stereocenters. The molecule has 2 aliphatic carbocycles. The summed E-state index contributed by atoms with van der Waals surface area (Å²) in [7, 11) is 0. The number of amides is 2. The molecule has 3 fully saturated rings. The minimum atomic E-state index is -0.532. The summed E-state index contributed by atoms with van der Waals surface area (Å²) in [5.74, 6) is 1.06. The second-order valence-electron chi connectivity index (χ2n) is 9.79. The van der Waals surface area contributed by atoms with Gasteiger partial charge in [-0.25, -0.2) is 0 Å². The maximum Gasteiger partial charge on any atom is 0.231 e. The summed E-state index contributed by atoms with van der Waals surface area (Å²) < 4.78 is 5.97. The van der Waals surface area contributed by atoms with Crippen LogP contribution in [0, 0.1) is 10.8 Å². The van der Waals surface area contributed by atoms with Crippen molar-refractivity contribution in [3.05, 3.63) is 36.4 Å². The van der Waals surface area contributed by atoms with Crippen molar-refractivity contribution in [3.63, 3.8) is 0 Å². The molecule has 0 aromatic heterocycles. The number of anilines is 1. The molecule has 5 nitrogen and oxygen atoms in total. The molecule has 5 heteroatoms. The van der Waals surface area contributed by atoms with Crippen molar-refractivity contribution >= 4 is 28.3 Å². The Hall–Kier alpha value is -2.56. The first kappa shape index (κ1) is 20.3. The number of fused-ring (bicyclic) bond motifs is 1. The van der Waals surface area contributed by atoms with Gasteiger partial charge in [0.1, 0.15) is 5.75 Å². The summed E-state index contributed by atoms with van der Waals surface area (Å²) in [6, 6.07) is 11.9. The smallest absolute Gasteiger partial charge is 0.231 e. The maximum atomic E-state index is 13.6. The summed E-state index contributed by atoms with van der Waals surface area (Å²) in [6.45, 7) is 5.71. The zero-order valence-electron chi connectivity index (χ0n) is 18.6. The fourth-order valence-corrected chi connectivity index (χ4v) is 5.45. The zero-order chi connectivity index (χ0) is 21.6. The molecule has 1 aliphatic heterocycles. The van der Waals surface area contributed by atoms with E-state index < -0.39 is 10.8 Å². The van der Waals surface area contributed by atoms with Gasteiger partial charge in [-0.1, -0.05) is 24.3 Å². The van der Waals surface area contributed by atoms with Crippen LogP contribution in [0.25, 0.3) is 10.8 Å². The average molecular weight is 421 g/mol. The Balaban J connectivity index is 1.40. The average Bonchev–Trinajstić information content (AvgIpc) is 3.69. The van der Waals surface area contributed by atoms with Gasteiger partial charge in [-0.2, -0.15) is 0 Å². The highest BCUT2D eigenvalue weighted by molar-refractivity contribution is 6.09. The second-order valence-corrected chi connectivity index (χ2v) is 9.79. The van der Waals surface area contributed by atoms with Crippen LogP contribution in [0.5, 0.6) is 5.75 Å². The number of carbonyl (C=O) groups excluding carboxylic acids is 2. The first-order valence-corrected chi connectivity index (χ1v) is 11.8. The Labute approximate surface area is 184 Å². The van der Waals surface area contributed by atoms with Crippen LogP contribution in [0.15, 0.2) is 36.4 Å². The Kier molecular flexibility index (Phi) is 4.95. The van der Waals surface area contributed by atoms with E-state index in [9.17, 15) is 9.59 Å². The quantitative estimate of drug-likeness (QED) is 0.704. The van der Waals surface area contributed by atoms with Gasteiger partial charge in [0.25, 0.3) is 0 Å². The van der Waals surface area contributed by atoms with E-state index in [0.29, 0.717) is 0 Å². The van der Waals surface area contributed by atoms with Crippen LogP contribution in [0.1, 0.15) is 58.8 Å². The van der Waals surface area contributed by atoms with Gasteiger partial charge in [0.15, 0.2) is 0 Å². The minimum absolute atomic E-state index is 0.0121. The van der Waals surface area contributed by atoms with E-state index in [1.165, 1.54) is 6.42 Å². The Morgan fingerprint density at radius 1 is 0.903 bits per heavy atom. The van der Waals surface area contributed by atoms with Crippen molar-refractivity contribution in [2.45, 2.75) is 64.9 Å². The molecule has 1 N–H and O–H groups in total. The fourth-order valence-electron chi connectivity index (χ4n) is 5.45. The Morgan fingerprint density at radius 2 is 1.55 bits per heavy atom. The van der Waals surface area contributed by atoms with Crippen LogP contribution in [-0.2, 0) is 9.59 Å². The molecule has 31 heavy (non-hydrogen) atoms. The molecular formula is C26H32N2O3. The third kappa shape index (κ3) is 3.38. The van der Waals surface area contributed by atoms with Gasteiger partial charge < -0.3 is 15.0 Å². The van der Waals surface area contributed by atoms with E-state index >= 15 is 0 Å². The van der Waals surface area contributed by atoms with Crippen molar-refractivity contribution in [1.29, 1.82) is 0 Å². The molecular weight excluding hydrogens is 388 g/mol. The van der Waals surface area contributed by atoms with Gasteiger partial charge >= 0.3 is 0 Å². The molecule has 2 aromatic rings. The van der Waals surface area contributed by atoms with Gasteiger partial charge in [0, 0.05) is 29.5 Å². The van der Waals surface area contributed by atoms with Gasteiger partial charge in [-0.15, -0.1) is 0 Å². The first-order valence-electron chi connectivity index (χ1n) is 11.8. The highest BCUT2D eigenvalue weighted by Crippen LogP contribution is 2.71. The summed E-state index contributed by atoms with van der Waals surface area (Å²) in [5, 5.41) is 5.17. The molecule has 1 heterocycles. The van der Waals surface area contributed by atoms with Crippen molar-refractivity contribution in [3.8, 4) is 5.75 Å². The summed E-state index contributed by atoms with van der Waals surface area (Å²) in [6.07, 6.45) is 6.75. The highest BCUT2D eigenvalue weighted by atomic mass is 16.5. The van der Waals surface area contributed by atoms with Crippen molar-refractivity contribution < 1.29 is 14.3 Å². The normalized spacial score (nSPS) is 21.1. The van der Waals surface area contributed by atoms with Gasteiger partial charge in [-0.05, 0) is 70.9 Å². The van der Waals surface area contributed by atoms with E-state index in [4.69, 9.17) is 4.74 Å². The lowest BCUT2D eigenvalue weighted by Crippen LogP contribution is -2.47. The molecule has 3 aliphatic rings. The fraction of sp³-hybridized carbons (Fsp3) is 0.538. The predicted octanol–water partition coefficient (Wildman–Crippen LogP) is 5.14. The van der Waals surface area contributed by atoms with E-state index in [0.717, 1.165) is 73.8 Å². The van der Waals surface area contributed by atoms with Crippen molar-refractivity contribution in [2.24, 2.45) is 10.8 Å². The lowest BCUT2D eigenvalue weighted by Gasteiger charge is -2.34. The van der Waals surface area contributed by atoms with E-state index in [2.05, 4.69) is 5.32 Å². The third-order valence-corrected chi connectivity index (χ3v) is 7.40. The Bertz CT molecular complexity index is 1010. The number of nitrogens with zero attached hydrogens (tertiary/aromatic N) is 1. The number of ether oxygens (including phenoxy) is 1. The maximum absolute atomic E-state index is 13.6. The molecule has 2 saturated carbocycles. The lowest BCUT2D eigenvalue weighted by molar-refractivity contribution is -0.144. The summed E-state index contributed by atoms with van der Waals surface area (Å²) in [5.41, 5.74) is -0.204. The molecule has 2 aromatic carbocycles. The van der Waals surface area contributed by atoms with Gasteiger partial charge in [0.05, 0.1) is 16.9 Å². The molecule has 1 saturated heterocycles. The largest absolute Gasteiger partial charge is 0.490 e. The predicted molar refractivity (Wildman–Crippen MR) is 122 cm³/mol.